The highest BCUT2D eigenvalue weighted by molar-refractivity contribution is 7.89. The molecule has 0 aliphatic carbocycles. The van der Waals surface area contributed by atoms with Gasteiger partial charge in [-0.2, -0.15) is 11.3 Å². The Morgan fingerprint density at radius 2 is 2.11 bits per heavy atom. The lowest BCUT2D eigenvalue weighted by Crippen LogP contribution is -2.26. The minimum Gasteiger partial charge on any atom is -0.326 e. The number of hydrogen-bond acceptors (Lipinski definition) is 5. The van der Waals surface area contributed by atoms with Gasteiger partial charge in [0.2, 0.25) is 0 Å². The van der Waals surface area contributed by atoms with Gasteiger partial charge in [-0.05, 0) is 40.4 Å². The van der Waals surface area contributed by atoms with Gasteiger partial charge in [0.1, 0.15) is 0 Å². The van der Waals surface area contributed by atoms with Crippen LogP contribution in [0.5, 0.6) is 0 Å². The van der Waals surface area contributed by atoms with Gasteiger partial charge in [-0.3, -0.25) is 0 Å². The molecule has 0 spiro atoms. The molecule has 102 valence electrons. The van der Waals surface area contributed by atoms with Crippen LogP contribution in [0, 0.1) is 0 Å². The summed E-state index contributed by atoms with van der Waals surface area (Å²) < 4.78 is 26.5. The van der Waals surface area contributed by atoms with Crippen LogP contribution in [0.25, 0.3) is 0 Å². The average Bonchev–Trinajstić information content (AvgIpc) is 2.92. The SMILES string of the molecule is NCc1ccc(S(=O)(=O)NCCc2ccsc2)nc1. The Balaban J connectivity index is 1.97. The molecule has 0 bridgehead atoms. The van der Waals surface area contributed by atoms with Crippen molar-refractivity contribution in [2.75, 3.05) is 6.54 Å². The van der Waals surface area contributed by atoms with Crippen molar-refractivity contribution in [2.45, 2.75) is 18.0 Å². The fraction of sp³-hybridized carbons (Fsp3) is 0.250. The van der Waals surface area contributed by atoms with Crippen molar-refractivity contribution < 1.29 is 8.42 Å². The number of thiophene rings is 1. The van der Waals surface area contributed by atoms with Crippen LogP contribution < -0.4 is 10.5 Å². The zero-order chi connectivity index (χ0) is 13.7. The molecule has 0 saturated heterocycles. The summed E-state index contributed by atoms with van der Waals surface area (Å²) >= 11 is 1.60. The molecule has 7 heteroatoms. The van der Waals surface area contributed by atoms with E-state index >= 15 is 0 Å². The van der Waals surface area contributed by atoms with Crippen LogP contribution in [0.1, 0.15) is 11.1 Å². The highest BCUT2D eigenvalue weighted by Crippen LogP contribution is 2.08. The largest absolute Gasteiger partial charge is 0.326 e. The number of nitrogens with one attached hydrogen (secondary N) is 1. The smallest absolute Gasteiger partial charge is 0.258 e. The van der Waals surface area contributed by atoms with Crippen LogP contribution in [0.15, 0.2) is 40.2 Å². The molecule has 5 nitrogen and oxygen atoms in total. The van der Waals surface area contributed by atoms with Crippen LogP contribution in [-0.4, -0.2) is 19.9 Å². The van der Waals surface area contributed by atoms with Crippen LogP contribution in [-0.2, 0) is 23.0 Å². The van der Waals surface area contributed by atoms with E-state index in [1.54, 1.807) is 17.4 Å². The number of aromatic nitrogens is 1. The van der Waals surface area contributed by atoms with E-state index in [2.05, 4.69) is 9.71 Å². The van der Waals surface area contributed by atoms with Gasteiger partial charge in [0.25, 0.3) is 10.0 Å². The molecule has 2 aromatic rings. The normalized spacial score (nSPS) is 11.6. The van der Waals surface area contributed by atoms with Crippen molar-refractivity contribution in [3.63, 3.8) is 0 Å². The first-order chi connectivity index (χ1) is 9.12. The molecule has 2 aromatic heterocycles. The van der Waals surface area contributed by atoms with Crippen molar-refractivity contribution >= 4 is 21.4 Å². The molecule has 3 N–H and O–H groups in total. The highest BCUT2D eigenvalue weighted by Gasteiger charge is 2.14. The molecule has 0 amide bonds. The van der Waals surface area contributed by atoms with Gasteiger partial charge >= 0.3 is 0 Å². The van der Waals surface area contributed by atoms with Gasteiger partial charge in [0.15, 0.2) is 5.03 Å². The summed E-state index contributed by atoms with van der Waals surface area (Å²) in [7, 11) is -3.54. The van der Waals surface area contributed by atoms with E-state index in [4.69, 9.17) is 5.73 Å². The lowest BCUT2D eigenvalue weighted by Gasteiger charge is -2.06. The summed E-state index contributed by atoms with van der Waals surface area (Å²) in [5.41, 5.74) is 7.37. The Labute approximate surface area is 116 Å². The number of hydrogen-bond donors (Lipinski definition) is 2. The summed E-state index contributed by atoms with van der Waals surface area (Å²) in [4.78, 5) is 3.91. The van der Waals surface area contributed by atoms with Gasteiger partial charge in [-0.1, -0.05) is 6.07 Å². The Bertz CT molecular complexity index is 607. The molecule has 0 atom stereocenters. The summed E-state index contributed by atoms with van der Waals surface area (Å²) in [6.45, 7) is 0.707. The molecule has 19 heavy (non-hydrogen) atoms. The van der Waals surface area contributed by atoms with Gasteiger partial charge in [-0.25, -0.2) is 18.1 Å². The van der Waals surface area contributed by atoms with Crippen molar-refractivity contribution in [1.82, 2.24) is 9.71 Å². The van der Waals surface area contributed by atoms with E-state index in [1.807, 2.05) is 16.8 Å². The maximum atomic E-state index is 12.0. The average molecular weight is 297 g/mol. The Morgan fingerprint density at radius 3 is 2.68 bits per heavy atom. The highest BCUT2D eigenvalue weighted by atomic mass is 32.2. The molecule has 0 aliphatic rings. The van der Waals surface area contributed by atoms with Crippen molar-refractivity contribution in [1.29, 1.82) is 0 Å². The van der Waals surface area contributed by atoms with E-state index in [1.165, 1.54) is 12.3 Å². The molecule has 0 saturated carbocycles. The van der Waals surface area contributed by atoms with E-state index in [-0.39, 0.29) is 5.03 Å². The molecule has 0 unspecified atom stereocenters. The first-order valence-corrected chi connectivity index (χ1v) is 8.20. The second-order valence-corrected chi connectivity index (χ2v) is 6.48. The second-order valence-electron chi connectivity index (χ2n) is 3.99. The molecular weight excluding hydrogens is 282 g/mol. The second kappa shape index (κ2) is 6.25. The monoisotopic (exact) mass is 297 g/mol. The standard InChI is InChI=1S/C12H15N3O2S2/c13-7-11-1-2-12(14-8-11)19(16,17)15-5-3-10-4-6-18-9-10/h1-2,4,6,8-9,15H,3,5,7,13H2. The van der Waals surface area contributed by atoms with E-state index in [9.17, 15) is 8.42 Å². The lowest BCUT2D eigenvalue weighted by molar-refractivity contribution is 0.577. The first-order valence-electron chi connectivity index (χ1n) is 5.77. The summed E-state index contributed by atoms with van der Waals surface area (Å²) in [6.07, 6.45) is 2.15. The maximum absolute atomic E-state index is 12.0. The van der Waals surface area contributed by atoms with Crippen LogP contribution in [0.2, 0.25) is 0 Å². The molecular formula is C12H15N3O2S2. The minimum atomic E-state index is -3.54. The topological polar surface area (TPSA) is 85.1 Å². The Kier molecular flexibility index (Phi) is 4.65. The number of nitrogens with two attached hydrogens (primary N) is 1. The summed E-state index contributed by atoms with van der Waals surface area (Å²) in [6, 6.07) is 5.11. The summed E-state index contributed by atoms with van der Waals surface area (Å²) in [5.74, 6) is 0. The van der Waals surface area contributed by atoms with E-state index in [0.717, 1.165) is 11.1 Å². The molecule has 0 aliphatic heterocycles. The quantitative estimate of drug-likeness (QED) is 0.837. The zero-order valence-corrected chi connectivity index (χ0v) is 11.9. The van der Waals surface area contributed by atoms with Crippen LogP contribution in [0.3, 0.4) is 0 Å². The van der Waals surface area contributed by atoms with E-state index < -0.39 is 10.0 Å². The Morgan fingerprint density at radius 1 is 1.26 bits per heavy atom. The fourth-order valence-electron chi connectivity index (χ4n) is 1.53. The Hall–Kier alpha value is -1.28. The van der Waals surface area contributed by atoms with Gasteiger partial charge in [-0.15, -0.1) is 0 Å². The first kappa shape index (κ1) is 14.1. The predicted octanol–water partition coefficient (Wildman–Crippen LogP) is 1.12. The van der Waals surface area contributed by atoms with Gasteiger partial charge in [0.05, 0.1) is 0 Å². The summed E-state index contributed by atoms with van der Waals surface area (Å²) in [5, 5.41) is 3.99. The number of rotatable bonds is 6. The van der Waals surface area contributed by atoms with Crippen LogP contribution >= 0.6 is 11.3 Å². The number of nitrogens with zero attached hydrogens (tertiary/aromatic N) is 1. The van der Waals surface area contributed by atoms with Crippen molar-refractivity contribution in [2.24, 2.45) is 5.73 Å². The fourth-order valence-corrected chi connectivity index (χ4v) is 3.19. The molecule has 2 heterocycles. The number of pyridine rings is 1. The predicted molar refractivity (Wildman–Crippen MR) is 75.3 cm³/mol. The molecule has 0 fully saturated rings. The molecule has 0 aromatic carbocycles. The van der Waals surface area contributed by atoms with E-state index in [0.29, 0.717) is 19.5 Å². The zero-order valence-electron chi connectivity index (χ0n) is 10.2. The number of sulfonamides is 1. The third-order valence-corrected chi connectivity index (χ3v) is 4.70. The van der Waals surface area contributed by atoms with Crippen molar-refractivity contribution in [3.8, 4) is 0 Å². The maximum Gasteiger partial charge on any atom is 0.258 e. The van der Waals surface area contributed by atoms with Gasteiger partial charge < -0.3 is 5.73 Å². The lowest BCUT2D eigenvalue weighted by atomic mass is 10.2. The van der Waals surface area contributed by atoms with Gasteiger partial charge in [0, 0.05) is 19.3 Å². The van der Waals surface area contributed by atoms with Crippen LogP contribution in [0.4, 0.5) is 0 Å². The minimum absolute atomic E-state index is 0.0232. The van der Waals surface area contributed by atoms with Crippen molar-refractivity contribution in [3.05, 3.63) is 46.3 Å². The molecule has 2 rings (SSSR count). The third kappa shape index (κ3) is 3.84. The third-order valence-electron chi connectivity index (χ3n) is 2.59. The molecule has 0 radical (unpaired) electrons.